The Morgan fingerprint density at radius 3 is 2.73 bits per heavy atom. The summed E-state index contributed by atoms with van der Waals surface area (Å²) in [6.07, 6.45) is 8.29. The van der Waals surface area contributed by atoms with Crippen LogP contribution in [0.25, 0.3) is 0 Å². The van der Waals surface area contributed by atoms with Crippen molar-refractivity contribution in [2.45, 2.75) is 51.5 Å². The van der Waals surface area contributed by atoms with Gasteiger partial charge in [-0.1, -0.05) is 6.42 Å². The van der Waals surface area contributed by atoms with Gasteiger partial charge in [0.2, 0.25) is 0 Å². The van der Waals surface area contributed by atoms with E-state index in [1.54, 1.807) is 0 Å². The van der Waals surface area contributed by atoms with Crippen LogP contribution in [0.2, 0.25) is 0 Å². The standard InChI is InChI=1S/C20H30N6/c1-16-13-18(8-9-21-16)26-12-6-7-17(14-26)20-23-22-19(24(20)2)15-25-10-4-3-5-11-25/h8-9,13,17H,3-7,10-12,14-15H2,1-2H3/t17-/m0/s1. The van der Waals surface area contributed by atoms with Gasteiger partial charge in [0.05, 0.1) is 6.54 Å². The van der Waals surface area contributed by atoms with Gasteiger partial charge in [0.1, 0.15) is 11.6 Å². The van der Waals surface area contributed by atoms with E-state index in [0.717, 1.165) is 37.0 Å². The molecule has 0 radical (unpaired) electrons. The fourth-order valence-corrected chi connectivity index (χ4v) is 4.34. The van der Waals surface area contributed by atoms with Crippen molar-refractivity contribution >= 4 is 5.69 Å². The second kappa shape index (κ2) is 7.74. The van der Waals surface area contributed by atoms with E-state index >= 15 is 0 Å². The Labute approximate surface area is 156 Å². The van der Waals surface area contributed by atoms with Crippen molar-refractivity contribution in [3.05, 3.63) is 35.7 Å². The lowest BCUT2D eigenvalue weighted by Gasteiger charge is -2.34. The number of aromatic nitrogens is 4. The minimum Gasteiger partial charge on any atom is -0.371 e. The highest BCUT2D eigenvalue weighted by atomic mass is 15.3. The molecule has 2 aliphatic heterocycles. The van der Waals surface area contributed by atoms with Crippen molar-refractivity contribution in [2.75, 3.05) is 31.1 Å². The van der Waals surface area contributed by atoms with Gasteiger partial charge in [-0.05, 0) is 57.8 Å². The fraction of sp³-hybridized carbons (Fsp3) is 0.650. The van der Waals surface area contributed by atoms with Crippen LogP contribution in [0.4, 0.5) is 5.69 Å². The normalized spacial score (nSPS) is 21.9. The minimum atomic E-state index is 0.449. The van der Waals surface area contributed by atoms with Crippen molar-refractivity contribution in [2.24, 2.45) is 7.05 Å². The van der Waals surface area contributed by atoms with Crippen LogP contribution in [0.5, 0.6) is 0 Å². The van der Waals surface area contributed by atoms with Gasteiger partial charge in [-0.15, -0.1) is 10.2 Å². The molecule has 4 rings (SSSR count). The Morgan fingerprint density at radius 1 is 1.08 bits per heavy atom. The summed E-state index contributed by atoms with van der Waals surface area (Å²) in [7, 11) is 2.14. The molecule has 2 aromatic heterocycles. The molecular weight excluding hydrogens is 324 g/mol. The van der Waals surface area contributed by atoms with Crippen molar-refractivity contribution in [3.63, 3.8) is 0 Å². The number of piperidine rings is 2. The van der Waals surface area contributed by atoms with E-state index in [0.29, 0.717) is 5.92 Å². The molecule has 1 atom stereocenters. The highest BCUT2D eigenvalue weighted by Gasteiger charge is 2.26. The lowest BCUT2D eigenvalue weighted by Crippen LogP contribution is -2.35. The Bertz CT molecular complexity index is 734. The third kappa shape index (κ3) is 3.75. The molecule has 0 aromatic carbocycles. The molecule has 0 bridgehead atoms. The maximum atomic E-state index is 4.60. The van der Waals surface area contributed by atoms with Gasteiger partial charge in [0, 0.05) is 43.6 Å². The van der Waals surface area contributed by atoms with Crippen molar-refractivity contribution in [1.82, 2.24) is 24.6 Å². The second-order valence-electron chi connectivity index (χ2n) is 7.81. The summed E-state index contributed by atoms with van der Waals surface area (Å²) in [6, 6.07) is 4.30. The summed E-state index contributed by atoms with van der Waals surface area (Å²) < 4.78 is 2.25. The average molecular weight is 355 g/mol. The summed E-state index contributed by atoms with van der Waals surface area (Å²) in [6.45, 7) is 7.50. The fourth-order valence-electron chi connectivity index (χ4n) is 4.34. The second-order valence-corrected chi connectivity index (χ2v) is 7.81. The number of likely N-dealkylation sites (tertiary alicyclic amines) is 1. The van der Waals surface area contributed by atoms with E-state index < -0.39 is 0 Å². The van der Waals surface area contributed by atoms with Gasteiger partial charge < -0.3 is 9.47 Å². The SMILES string of the molecule is Cc1cc(N2CCC[C@H](c3nnc(CN4CCCCC4)n3C)C2)ccn1. The number of hydrogen-bond acceptors (Lipinski definition) is 5. The molecule has 0 aliphatic carbocycles. The van der Waals surface area contributed by atoms with Crippen LogP contribution in [0.15, 0.2) is 18.3 Å². The Kier molecular flexibility index (Phi) is 5.20. The van der Waals surface area contributed by atoms with E-state index in [2.05, 4.69) is 55.7 Å². The number of nitrogens with zero attached hydrogens (tertiary/aromatic N) is 6. The zero-order valence-electron chi connectivity index (χ0n) is 16.1. The molecule has 0 amide bonds. The number of pyridine rings is 1. The van der Waals surface area contributed by atoms with Gasteiger partial charge in [-0.25, -0.2) is 0 Å². The lowest BCUT2D eigenvalue weighted by atomic mass is 9.96. The van der Waals surface area contributed by atoms with Crippen LogP contribution in [0.3, 0.4) is 0 Å². The van der Waals surface area contributed by atoms with Crippen LogP contribution in [-0.4, -0.2) is 50.8 Å². The maximum absolute atomic E-state index is 4.60. The zero-order valence-corrected chi connectivity index (χ0v) is 16.1. The number of rotatable bonds is 4. The third-order valence-electron chi connectivity index (χ3n) is 5.84. The van der Waals surface area contributed by atoms with E-state index in [-0.39, 0.29) is 0 Å². The molecule has 2 aromatic rings. The van der Waals surface area contributed by atoms with E-state index in [1.165, 1.54) is 50.9 Å². The zero-order chi connectivity index (χ0) is 17.9. The van der Waals surface area contributed by atoms with Crippen LogP contribution >= 0.6 is 0 Å². The van der Waals surface area contributed by atoms with Gasteiger partial charge in [-0.2, -0.15) is 0 Å². The summed E-state index contributed by atoms with van der Waals surface area (Å²) >= 11 is 0. The molecule has 0 saturated carbocycles. The first kappa shape index (κ1) is 17.5. The number of aryl methyl sites for hydroxylation is 1. The molecule has 6 nitrogen and oxygen atoms in total. The molecular formula is C20H30N6. The minimum absolute atomic E-state index is 0.449. The van der Waals surface area contributed by atoms with Crippen molar-refractivity contribution in [1.29, 1.82) is 0 Å². The average Bonchev–Trinajstić information content (AvgIpc) is 3.03. The Balaban J connectivity index is 1.46. The third-order valence-corrected chi connectivity index (χ3v) is 5.84. The smallest absolute Gasteiger partial charge is 0.146 e. The predicted molar refractivity (Wildman–Crippen MR) is 103 cm³/mol. The molecule has 6 heteroatoms. The van der Waals surface area contributed by atoms with Gasteiger partial charge in [-0.3, -0.25) is 9.88 Å². The van der Waals surface area contributed by atoms with Crippen LogP contribution in [0, 0.1) is 6.92 Å². The molecule has 0 spiro atoms. The van der Waals surface area contributed by atoms with Crippen LogP contribution < -0.4 is 4.90 Å². The van der Waals surface area contributed by atoms with E-state index in [9.17, 15) is 0 Å². The van der Waals surface area contributed by atoms with E-state index in [1.807, 2.05) is 6.20 Å². The van der Waals surface area contributed by atoms with Gasteiger partial charge in [0.15, 0.2) is 0 Å². The monoisotopic (exact) mass is 354 g/mol. The highest BCUT2D eigenvalue weighted by molar-refractivity contribution is 5.47. The summed E-state index contributed by atoms with van der Waals surface area (Å²) in [5, 5.41) is 9.14. The molecule has 2 saturated heterocycles. The molecule has 140 valence electrons. The lowest BCUT2D eigenvalue weighted by molar-refractivity contribution is 0.213. The highest BCUT2D eigenvalue weighted by Crippen LogP contribution is 2.29. The Morgan fingerprint density at radius 2 is 1.92 bits per heavy atom. The number of hydrogen-bond donors (Lipinski definition) is 0. The first-order valence-corrected chi connectivity index (χ1v) is 9.99. The first-order valence-electron chi connectivity index (χ1n) is 9.99. The largest absolute Gasteiger partial charge is 0.371 e. The van der Waals surface area contributed by atoms with Crippen LogP contribution in [-0.2, 0) is 13.6 Å². The summed E-state index contributed by atoms with van der Waals surface area (Å²) in [4.78, 5) is 9.32. The summed E-state index contributed by atoms with van der Waals surface area (Å²) in [5.74, 6) is 2.70. The molecule has 2 fully saturated rings. The van der Waals surface area contributed by atoms with E-state index in [4.69, 9.17) is 0 Å². The maximum Gasteiger partial charge on any atom is 0.146 e. The van der Waals surface area contributed by atoms with Crippen molar-refractivity contribution < 1.29 is 0 Å². The first-order chi connectivity index (χ1) is 12.7. The molecule has 0 unspecified atom stereocenters. The van der Waals surface area contributed by atoms with Gasteiger partial charge >= 0.3 is 0 Å². The number of anilines is 1. The molecule has 0 N–H and O–H groups in total. The summed E-state index contributed by atoms with van der Waals surface area (Å²) in [5.41, 5.74) is 2.35. The topological polar surface area (TPSA) is 50.1 Å². The van der Waals surface area contributed by atoms with Crippen LogP contribution in [0.1, 0.15) is 55.4 Å². The molecule has 4 heterocycles. The molecule has 26 heavy (non-hydrogen) atoms. The predicted octanol–water partition coefficient (Wildman–Crippen LogP) is 2.89. The Hall–Kier alpha value is -1.95. The molecule has 2 aliphatic rings. The quantitative estimate of drug-likeness (QED) is 0.845. The van der Waals surface area contributed by atoms with Crippen molar-refractivity contribution in [3.8, 4) is 0 Å². The van der Waals surface area contributed by atoms with Gasteiger partial charge in [0.25, 0.3) is 0 Å².